The Balaban J connectivity index is 1.65. The monoisotopic (exact) mass is 338 g/mol. The highest BCUT2D eigenvalue weighted by atomic mass is 32.2. The topological polar surface area (TPSA) is 66.9 Å². The van der Waals surface area contributed by atoms with E-state index in [1.165, 1.54) is 10.6 Å². The predicted molar refractivity (Wildman–Crippen MR) is 86.7 cm³/mol. The van der Waals surface area contributed by atoms with Crippen molar-refractivity contribution in [3.8, 4) is 5.75 Å². The Bertz CT molecular complexity index is 681. The minimum absolute atomic E-state index is 0.0940. The Kier molecular flexibility index (Phi) is 4.59. The summed E-state index contributed by atoms with van der Waals surface area (Å²) in [5.74, 6) is 0.881. The minimum atomic E-state index is -3.17. The molecule has 1 atom stereocenters. The zero-order chi connectivity index (χ0) is 16.4. The van der Waals surface area contributed by atoms with Gasteiger partial charge in [-0.3, -0.25) is 4.79 Å². The molecule has 0 N–H and O–H groups in total. The molecule has 2 heterocycles. The smallest absolute Gasteiger partial charge is 0.226 e. The van der Waals surface area contributed by atoms with Gasteiger partial charge in [-0.25, -0.2) is 8.42 Å². The lowest BCUT2D eigenvalue weighted by Gasteiger charge is -2.35. The van der Waals surface area contributed by atoms with Crippen LogP contribution in [-0.2, 0) is 21.2 Å². The third kappa shape index (κ3) is 3.67. The number of nitrogens with zero attached hydrogens (tertiary/aromatic N) is 2. The van der Waals surface area contributed by atoms with Gasteiger partial charge in [0, 0.05) is 32.1 Å². The van der Waals surface area contributed by atoms with Crippen molar-refractivity contribution in [2.24, 2.45) is 5.92 Å². The maximum atomic E-state index is 12.8. The summed E-state index contributed by atoms with van der Waals surface area (Å²) in [6.45, 7) is 2.22. The van der Waals surface area contributed by atoms with Crippen LogP contribution in [0, 0.1) is 5.92 Å². The standard InChI is InChI=1S/C16H22N2O4S/c1-23(20,21)18-9-7-17(8-10-18)16(19)14-6-11-22-15-5-3-2-4-13(15)12-14/h2-5,14H,6-12H2,1H3/t14-/m1/s1. The molecule has 0 aromatic heterocycles. The van der Waals surface area contributed by atoms with Gasteiger partial charge in [-0.1, -0.05) is 18.2 Å². The van der Waals surface area contributed by atoms with Gasteiger partial charge in [0.05, 0.1) is 12.9 Å². The Hall–Kier alpha value is -1.60. The normalized spacial score (nSPS) is 22.8. The summed E-state index contributed by atoms with van der Waals surface area (Å²) < 4.78 is 30.3. The molecule has 0 spiro atoms. The van der Waals surface area contributed by atoms with Crippen LogP contribution in [0.1, 0.15) is 12.0 Å². The lowest BCUT2D eigenvalue weighted by molar-refractivity contribution is -0.137. The molecule has 0 saturated carbocycles. The van der Waals surface area contributed by atoms with E-state index >= 15 is 0 Å². The molecule has 1 aromatic rings. The molecule has 6 nitrogen and oxygen atoms in total. The molecule has 7 heteroatoms. The molecule has 2 aliphatic heterocycles. The zero-order valence-electron chi connectivity index (χ0n) is 13.3. The van der Waals surface area contributed by atoms with Crippen LogP contribution in [-0.4, -0.2) is 62.6 Å². The molecule has 0 unspecified atom stereocenters. The average Bonchev–Trinajstić information content (AvgIpc) is 2.75. The van der Waals surface area contributed by atoms with Crippen LogP contribution < -0.4 is 4.74 Å². The summed E-state index contributed by atoms with van der Waals surface area (Å²) >= 11 is 0. The van der Waals surface area contributed by atoms with Gasteiger partial charge in [0.15, 0.2) is 0 Å². The summed E-state index contributed by atoms with van der Waals surface area (Å²) in [6.07, 6.45) is 2.59. The second kappa shape index (κ2) is 6.49. The van der Waals surface area contributed by atoms with E-state index in [1.54, 1.807) is 4.90 Å². The second-order valence-electron chi connectivity index (χ2n) is 6.13. The van der Waals surface area contributed by atoms with Gasteiger partial charge in [-0.05, 0) is 24.5 Å². The number of hydrogen-bond acceptors (Lipinski definition) is 4. The first-order chi connectivity index (χ1) is 10.9. The fourth-order valence-electron chi connectivity index (χ4n) is 3.20. The van der Waals surface area contributed by atoms with E-state index in [-0.39, 0.29) is 11.8 Å². The molecule has 0 radical (unpaired) electrons. The maximum absolute atomic E-state index is 12.8. The molecular weight excluding hydrogens is 316 g/mol. The Morgan fingerprint density at radius 1 is 1.17 bits per heavy atom. The van der Waals surface area contributed by atoms with Gasteiger partial charge in [0.1, 0.15) is 5.75 Å². The number of fused-ring (bicyclic) bond motifs is 1. The van der Waals surface area contributed by atoms with Crippen LogP contribution in [0.15, 0.2) is 24.3 Å². The summed E-state index contributed by atoms with van der Waals surface area (Å²) in [6, 6.07) is 7.83. The third-order valence-corrected chi connectivity index (χ3v) is 5.83. The third-order valence-electron chi connectivity index (χ3n) is 4.53. The van der Waals surface area contributed by atoms with Gasteiger partial charge in [0.2, 0.25) is 15.9 Å². The number of hydrogen-bond donors (Lipinski definition) is 0. The highest BCUT2D eigenvalue weighted by molar-refractivity contribution is 7.88. The Morgan fingerprint density at radius 2 is 1.87 bits per heavy atom. The van der Waals surface area contributed by atoms with E-state index in [0.29, 0.717) is 45.6 Å². The van der Waals surface area contributed by atoms with Crippen molar-refractivity contribution in [2.45, 2.75) is 12.8 Å². The van der Waals surface area contributed by atoms with E-state index in [2.05, 4.69) is 0 Å². The van der Waals surface area contributed by atoms with Gasteiger partial charge in [0.25, 0.3) is 0 Å². The number of para-hydroxylation sites is 1. The molecule has 1 aromatic carbocycles. The van der Waals surface area contributed by atoms with E-state index in [4.69, 9.17) is 4.74 Å². The Labute approximate surface area is 137 Å². The van der Waals surface area contributed by atoms with Crippen molar-refractivity contribution in [3.05, 3.63) is 29.8 Å². The number of carbonyl (C=O) groups excluding carboxylic acids is 1. The van der Waals surface area contributed by atoms with E-state index < -0.39 is 10.0 Å². The second-order valence-corrected chi connectivity index (χ2v) is 8.12. The van der Waals surface area contributed by atoms with E-state index in [0.717, 1.165) is 11.3 Å². The molecule has 1 saturated heterocycles. The van der Waals surface area contributed by atoms with Crippen LogP contribution in [0.25, 0.3) is 0 Å². The summed E-state index contributed by atoms with van der Waals surface area (Å²) in [5.41, 5.74) is 1.07. The largest absolute Gasteiger partial charge is 0.493 e. The highest BCUT2D eigenvalue weighted by Gasteiger charge is 2.31. The number of ether oxygens (including phenoxy) is 1. The lowest BCUT2D eigenvalue weighted by atomic mass is 9.95. The number of rotatable bonds is 2. The number of sulfonamides is 1. The van der Waals surface area contributed by atoms with Gasteiger partial charge < -0.3 is 9.64 Å². The van der Waals surface area contributed by atoms with Crippen LogP contribution in [0.4, 0.5) is 0 Å². The fourth-order valence-corrected chi connectivity index (χ4v) is 4.03. The van der Waals surface area contributed by atoms with Crippen LogP contribution in [0.5, 0.6) is 5.75 Å². The van der Waals surface area contributed by atoms with Crippen LogP contribution in [0.3, 0.4) is 0 Å². The lowest BCUT2D eigenvalue weighted by Crippen LogP contribution is -2.51. The number of benzene rings is 1. The fraction of sp³-hybridized carbons (Fsp3) is 0.562. The van der Waals surface area contributed by atoms with Crippen molar-refractivity contribution in [2.75, 3.05) is 39.0 Å². The maximum Gasteiger partial charge on any atom is 0.226 e. The SMILES string of the molecule is CS(=O)(=O)N1CCN(C(=O)[C@@H]2CCOc3ccccc3C2)CC1. The predicted octanol–water partition coefficient (Wildman–Crippen LogP) is 0.732. The quantitative estimate of drug-likeness (QED) is 0.797. The highest BCUT2D eigenvalue weighted by Crippen LogP contribution is 2.27. The molecule has 2 aliphatic rings. The van der Waals surface area contributed by atoms with Crippen molar-refractivity contribution in [1.29, 1.82) is 0 Å². The molecule has 1 fully saturated rings. The number of carbonyl (C=O) groups is 1. The molecule has 0 aliphatic carbocycles. The van der Waals surface area contributed by atoms with E-state index in [9.17, 15) is 13.2 Å². The summed E-state index contributed by atoms with van der Waals surface area (Å²) in [7, 11) is -3.17. The molecular formula is C16H22N2O4S. The first-order valence-corrected chi connectivity index (χ1v) is 9.74. The first kappa shape index (κ1) is 16.3. The summed E-state index contributed by atoms with van der Waals surface area (Å²) in [4.78, 5) is 14.6. The number of amides is 1. The van der Waals surface area contributed by atoms with Gasteiger partial charge >= 0.3 is 0 Å². The van der Waals surface area contributed by atoms with Crippen molar-refractivity contribution < 1.29 is 17.9 Å². The Morgan fingerprint density at radius 3 is 2.57 bits per heavy atom. The average molecular weight is 338 g/mol. The molecule has 126 valence electrons. The van der Waals surface area contributed by atoms with Gasteiger partial charge in [-0.15, -0.1) is 0 Å². The summed E-state index contributed by atoms with van der Waals surface area (Å²) in [5, 5.41) is 0. The first-order valence-electron chi connectivity index (χ1n) is 7.90. The van der Waals surface area contributed by atoms with E-state index in [1.807, 2.05) is 24.3 Å². The number of piperazine rings is 1. The molecule has 3 rings (SSSR count). The van der Waals surface area contributed by atoms with Crippen molar-refractivity contribution in [1.82, 2.24) is 9.21 Å². The molecule has 23 heavy (non-hydrogen) atoms. The molecule has 1 amide bonds. The van der Waals surface area contributed by atoms with Crippen LogP contribution >= 0.6 is 0 Å². The molecule has 0 bridgehead atoms. The van der Waals surface area contributed by atoms with Crippen molar-refractivity contribution in [3.63, 3.8) is 0 Å². The zero-order valence-corrected chi connectivity index (χ0v) is 14.1. The minimum Gasteiger partial charge on any atom is -0.493 e. The van der Waals surface area contributed by atoms with Crippen LogP contribution in [0.2, 0.25) is 0 Å². The van der Waals surface area contributed by atoms with Crippen molar-refractivity contribution >= 4 is 15.9 Å². The van der Waals surface area contributed by atoms with Gasteiger partial charge in [-0.2, -0.15) is 4.31 Å².